The topological polar surface area (TPSA) is 75.3 Å². The van der Waals surface area contributed by atoms with Gasteiger partial charge in [-0.05, 0) is 42.3 Å². The quantitative estimate of drug-likeness (QED) is 0.419. The van der Waals surface area contributed by atoms with Crippen molar-refractivity contribution in [1.82, 2.24) is 0 Å². The Hall–Kier alpha value is -3.71. The summed E-state index contributed by atoms with van der Waals surface area (Å²) in [6.07, 6.45) is 0. The molecule has 0 heterocycles. The molecular weight excluding hydrogens is 422 g/mol. The van der Waals surface area contributed by atoms with Crippen molar-refractivity contribution in [3.05, 3.63) is 77.4 Å². The van der Waals surface area contributed by atoms with E-state index in [1.807, 2.05) is 49.4 Å². The van der Waals surface area contributed by atoms with Gasteiger partial charge in [0.05, 0.1) is 26.5 Å². The molecule has 7 nitrogen and oxygen atoms in total. The molecule has 0 bridgehead atoms. The van der Waals surface area contributed by atoms with Gasteiger partial charge < -0.3 is 29.0 Å². The molecule has 0 aliphatic carbocycles. The molecular formula is C26H29NO6. The normalized spacial score (nSPS) is 10.4. The third kappa shape index (κ3) is 6.40. The van der Waals surface area contributed by atoms with Crippen molar-refractivity contribution in [2.24, 2.45) is 0 Å². The highest BCUT2D eigenvalue weighted by Crippen LogP contribution is 2.39. The Labute approximate surface area is 194 Å². The summed E-state index contributed by atoms with van der Waals surface area (Å²) in [7, 11) is 4.65. The van der Waals surface area contributed by atoms with Gasteiger partial charge in [-0.3, -0.25) is 4.79 Å². The van der Waals surface area contributed by atoms with Crippen LogP contribution in [0.4, 0.5) is 5.69 Å². The minimum atomic E-state index is -0.332. The van der Waals surface area contributed by atoms with Crippen LogP contribution in [0.25, 0.3) is 0 Å². The molecule has 0 saturated heterocycles. The van der Waals surface area contributed by atoms with Crippen molar-refractivity contribution in [2.45, 2.75) is 13.5 Å². The zero-order valence-corrected chi connectivity index (χ0v) is 19.3. The zero-order valence-electron chi connectivity index (χ0n) is 19.3. The zero-order chi connectivity index (χ0) is 23.6. The summed E-state index contributed by atoms with van der Waals surface area (Å²) < 4.78 is 27.8. The van der Waals surface area contributed by atoms with Crippen LogP contribution >= 0.6 is 0 Å². The van der Waals surface area contributed by atoms with Gasteiger partial charge in [0.25, 0.3) is 5.91 Å². The fourth-order valence-corrected chi connectivity index (χ4v) is 3.16. The maximum atomic E-state index is 13.1. The van der Waals surface area contributed by atoms with E-state index in [0.29, 0.717) is 54.1 Å². The molecule has 0 saturated carbocycles. The Balaban J connectivity index is 1.82. The largest absolute Gasteiger partial charge is 0.493 e. The lowest BCUT2D eigenvalue weighted by molar-refractivity contribution is 0.102. The van der Waals surface area contributed by atoms with Crippen LogP contribution in [0.5, 0.6) is 23.0 Å². The van der Waals surface area contributed by atoms with E-state index in [1.54, 1.807) is 25.3 Å². The SMILES string of the molecule is COCCOc1cc(C)ccc1NC(=O)c1cc(OC)c(OCc2ccccc2)c(OC)c1. The second-order valence-corrected chi connectivity index (χ2v) is 7.28. The molecule has 174 valence electrons. The van der Waals surface area contributed by atoms with Gasteiger partial charge >= 0.3 is 0 Å². The van der Waals surface area contributed by atoms with Crippen LogP contribution < -0.4 is 24.3 Å². The van der Waals surface area contributed by atoms with Crippen molar-refractivity contribution >= 4 is 11.6 Å². The van der Waals surface area contributed by atoms with E-state index in [2.05, 4.69) is 5.32 Å². The number of benzene rings is 3. The van der Waals surface area contributed by atoms with Crippen molar-refractivity contribution < 1.29 is 28.5 Å². The molecule has 0 unspecified atom stereocenters. The summed E-state index contributed by atoms with van der Waals surface area (Å²) >= 11 is 0. The average molecular weight is 452 g/mol. The van der Waals surface area contributed by atoms with E-state index in [9.17, 15) is 4.79 Å². The van der Waals surface area contributed by atoms with E-state index < -0.39 is 0 Å². The standard InChI is InChI=1S/C26H29NO6/c1-18-10-11-21(22(14-18)32-13-12-29-2)27-26(28)20-15-23(30-3)25(24(16-20)31-4)33-17-19-8-6-5-7-9-19/h5-11,14-16H,12-13,17H2,1-4H3,(H,27,28). The molecule has 33 heavy (non-hydrogen) atoms. The first-order valence-electron chi connectivity index (χ1n) is 10.5. The van der Waals surface area contributed by atoms with Crippen molar-refractivity contribution in [2.75, 3.05) is 39.9 Å². The van der Waals surface area contributed by atoms with Crippen molar-refractivity contribution in [1.29, 1.82) is 0 Å². The Morgan fingerprint density at radius 1 is 0.818 bits per heavy atom. The molecule has 7 heteroatoms. The molecule has 0 aromatic heterocycles. The minimum absolute atomic E-state index is 0.332. The minimum Gasteiger partial charge on any atom is -0.493 e. The number of nitrogens with one attached hydrogen (secondary N) is 1. The lowest BCUT2D eigenvalue weighted by Crippen LogP contribution is -2.14. The highest BCUT2D eigenvalue weighted by atomic mass is 16.5. The fourth-order valence-electron chi connectivity index (χ4n) is 3.16. The van der Waals surface area contributed by atoms with E-state index in [-0.39, 0.29) is 5.91 Å². The molecule has 0 atom stereocenters. The highest BCUT2D eigenvalue weighted by Gasteiger charge is 2.19. The third-order valence-electron chi connectivity index (χ3n) is 4.88. The molecule has 0 fully saturated rings. The van der Waals surface area contributed by atoms with Crippen molar-refractivity contribution in [3.63, 3.8) is 0 Å². The molecule has 0 radical (unpaired) electrons. The summed E-state index contributed by atoms with van der Waals surface area (Å²) in [5, 5.41) is 2.90. The first-order chi connectivity index (χ1) is 16.0. The predicted molar refractivity (Wildman–Crippen MR) is 127 cm³/mol. The first kappa shape index (κ1) is 23.9. The van der Waals surface area contributed by atoms with Crippen LogP contribution in [0.2, 0.25) is 0 Å². The Morgan fingerprint density at radius 2 is 1.52 bits per heavy atom. The number of carbonyl (C=O) groups excluding carboxylic acids is 1. The van der Waals surface area contributed by atoms with Gasteiger partial charge in [0.15, 0.2) is 11.5 Å². The number of carbonyl (C=O) groups is 1. The maximum absolute atomic E-state index is 13.1. The highest BCUT2D eigenvalue weighted by molar-refractivity contribution is 6.05. The number of anilines is 1. The molecule has 1 amide bonds. The van der Waals surface area contributed by atoms with Gasteiger partial charge in [-0.25, -0.2) is 0 Å². The monoisotopic (exact) mass is 451 g/mol. The predicted octanol–water partition coefficient (Wildman–Crippen LogP) is 4.87. The molecule has 0 aliphatic heterocycles. The molecule has 0 aliphatic rings. The van der Waals surface area contributed by atoms with Crippen LogP contribution in [0, 0.1) is 6.92 Å². The lowest BCUT2D eigenvalue weighted by atomic mass is 10.1. The summed E-state index contributed by atoms with van der Waals surface area (Å²) in [6, 6.07) is 18.6. The number of amides is 1. The van der Waals surface area contributed by atoms with Gasteiger partial charge in [0, 0.05) is 12.7 Å². The summed E-state index contributed by atoms with van der Waals surface area (Å²) in [5.41, 5.74) is 2.94. The molecule has 0 spiro atoms. The maximum Gasteiger partial charge on any atom is 0.256 e. The van der Waals surface area contributed by atoms with Gasteiger partial charge in [0.2, 0.25) is 5.75 Å². The van der Waals surface area contributed by atoms with Crippen LogP contribution in [0.15, 0.2) is 60.7 Å². The van der Waals surface area contributed by atoms with Crippen LogP contribution in [-0.2, 0) is 11.3 Å². The van der Waals surface area contributed by atoms with Crippen LogP contribution in [0.1, 0.15) is 21.5 Å². The summed E-state index contributed by atoms with van der Waals surface area (Å²) in [4.78, 5) is 13.1. The number of hydrogen-bond acceptors (Lipinski definition) is 6. The Morgan fingerprint density at radius 3 is 2.15 bits per heavy atom. The van der Waals surface area contributed by atoms with E-state index in [1.165, 1.54) is 14.2 Å². The second kappa shape index (κ2) is 11.8. The molecule has 3 aromatic carbocycles. The second-order valence-electron chi connectivity index (χ2n) is 7.28. The number of ether oxygens (including phenoxy) is 5. The molecule has 1 N–H and O–H groups in total. The Bertz CT molecular complexity index is 1040. The van der Waals surface area contributed by atoms with Crippen LogP contribution in [0.3, 0.4) is 0 Å². The smallest absolute Gasteiger partial charge is 0.256 e. The Kier molecular flexibility index (Phi) is 8.55. The average Bonchev–Trinajstić information content (AvgIpc) is 2.84. The van der Waals surface area contributed by atoms with Gasteiger partial charge in [0.1, 0.15) is 19.0 Å². The third-order valence-corrected chi connectivity index (χ3v) is 4.88. The summed E-state index contributed by atoms with van der Waals surface area (Å²) in [6.45, 7) is 3.11. The number of hydrogen-bond donors (Lipinski definition) is 1. The lowest BCUT2D eigenvalue weighted by Gasteiger charge is -2.17. The van der Waals surface area contributed by atoms with E-state index >= 15 is 0 Å². The van der Waals surface area contributed by atoms with Gasteiger partial charge in [-0.15, -0.1) is 0 Å². The van der Waals surface area contributed by atoms with Crippen molar-refractivity contribution in [3.8, 4) is 23.0 Å². The fraction of sp³-hybridized carbons (Fsp3) is 0.269. The molecule has 3 aromatic rings. The summed E-state index contributed by atoms with van der Waals surface area (Å²) in [5.74, 6) is 1.47. The van der Waals surface area contributed by atoms with E-state index in [4.69, 9.17) is 23.7 Å². The van der Waals surface area contributed by atoms with Crippen LogP contribution in [-0.4, -0.2) is 40.5 Å². The first-order valence-corrected chi connectivity index (χ1v) is 10.5. The number of aryl methyl sites for hydroxylation is 1. The molecule has 3 rings (SSSR count). The van der Waals surface area contributed by atoms with Gasteiger partial charge in [-0.2, -0.15) is 0 Å². The van der Waals surface area contributed by atoms with Gasteiger partial charge in [-0.1, -0.05) is 36.4 Å². The number of methoxy groups -OCH3 is 3. The van der Waals surface area contributed by atoms with E-state index in [0.717, 1.165) is 11.1 Å². The number of rotatable bonds is 11.